The first-order chi connectivity index (χ1) is 16.6. The Labute approximate surface area is 195 Å². The molecule has 0 aliphatic carbocycles. The van der Waals surface area contributed by atoms with Gasteiger partial charge in [0.25, 0.3) is 5.91 Å². The fourth-order valence-electron chi connectivity index (χ4n) is 3.57. The zero-order valence-corrected chi connectivity index (χ0v) is 18.0. The van der Waals surface area contributed by atoms with Gasteiger partial charge in [-0.05, 0) is 72.8 Å². The average Bonchev–Trinajstić information content (AvgIpc) is 2.85. The van der Waals surface area contributed by atoms with E-state index in [4.69, 9.17) is 0 Å². The smallest absolute Gasteiger partial charge is 0.255 e. The maximum Gasteiger partial charge on any atom is 0.255 e. The highest BCUT2D eigenvalue weighted by molar-refractivity contribution is 6.04. The molecule has 0 fully saturated rings. The Morgan fingerprint density at radius 2 is 1.47 bits per heavy atom. The van der Waals surface area contributed by atoms with Crippen LogP contribution < -0.4 is 16.0 Å². The van der Waals surface area contributed by atoms with Crippen LogP contribution in [0.4, 0.5) is 32.8 Å². The van der Waals surface area contributed by atoms with Crippen LogP contribution >= 0.6 is 0 Å². The van der Waals surface area contributed by atoms with E-state index in [1.165, 1.54) is 12.1 Å². The first kappa shape index (κ1) is 21.1. The number of hydrogen-bond donors (Lipinski definition) is 3. The van der Waals surface area contributed by atoms with Gasteiger partial charge < -0.3 is 16.0 Å². The third kappa shape index (κ3) is 4.83. The topological polar surface area (TPSA) is 78.9 Å². The fourth-order valence-corrected chi connectivity index (χ4v) is 3.57. The Morgan fingerprint density at radius 3 is 2.29 bits per heavy atom. The monoisotopic (exact) mass is 449 g/mol. The third-order valence-corrected chi connectivity index (χ3v) is 5.22. The number of anilines is 5. The van der Waals surface area contributed by atoms with Crippen LogP contribution in [-0.4, -0.2) is 15.9 Å². The van der Waals surface area contributed by atoms with Gasteiger partial charge in [-0.3, -0.25) is 14.8 Å². The van der Waals surface area contributed by atoms with Gasteiger partial charge in [-0.25, -0.2) is 4.39 Å². The van der Waals surface area contributed by atoms with Crippen molar-refractivity contribution in [3.05, 3.63) is 115 Å². The molecule has 34 heavy (non-hydrogen) atoms. The maximum atomic E-state index is 13.5. The molecule has 0 spiro atoms. The molecule has 6 nitrogen and oxygen atoms in total. The highest BCUT2D eigenvalue weighted by atomic mass is 19.1. The summed E-state index contributed by atoms with van der Waals surface area (Å²) in [6.45, 7) is 0. The number of pyridine rings is 2. The second-order valence-corrected chi connectivity index (χ2v) is 7.62. The summed E-state index contributed by atoms with van der Waals surface area (Å²) < 4.78 is 13.5. The number of fused-ring (bicyclic) bond motifs is 1. The second kappa shape index (κ2) is 9.38. The summed E-state index contributed by atoms with van der Waals surface area (Å²) in [5.41, 5.74) is 5.16. The Balaban J connectivity index is 1.27. The van der Waals surface area contributed by atoms with E-state index >= 15 is 0 Å². The lowest BCUT2D eigenvalue weighted by Gasteiger charge is -2.11. The zero-order valence-electron chi connectivity index (χ0n) is 18.0. The van der Waals surface area contributed by atoms with E-state index in [0.29, 0.717) is 16.8 Å². The van der Waals surface area contributed by atoms with Crippen LogP contribution in [0.1, 0.15) is 10.4 Å². The largest absolute Gasteiger partial charge is 0.355 e. The maximum absolute atomic E-state index is 13.5. The van der Waals surface area contributed by atoms with E-state index in [-0.39, 0.29) is 11.7 Å². The molecule has 1 amide bonds. The van der Waals surface area contributed by atoms with Gasteiger partial charge in [-0.2, -0.15) is 0 Å². The molecular formula is C27H20FN5O. The third-order valence-electron chi connectivity index (χ3n) is 5.22. The number of amides is 1. The van der Waals surface area contributed by atoms with Gasteiger partial charge in [0.15, 0.2) is 0 Å². The molecular weight excluding hydrogens is 429 g/mol. The summed E-state index contributed by atoms with van der Waals surface area (Å²) in [5, 5.41) is 10.3. The number of aromatic nitrogens is 2. The minimum absolute atomic E-state index is 0.211. The molecule has 5 aromatic rings. The van der Waals surface area contributed by atoms with Gasteiger partial charge in [0.2, 0.25) is 0 Å². The van der Waals surface area contributed by atoms with Crippen molar-refractivity contribution < 1.29 is 9.18 Å². The lowest BCUT2D eigenvalue weighted by atomic mass is 10.1. The molecule has 7 heteroatoms. The van der Waals surface area contributed by atoms with E-state index in [0.717, 1.165) is 28.1 Å². The molecule has 0 radical (unpaired) electrons. The van der Waals surface area contributed by atoms with Gasteiger partial charge in [0.1, 0.15) is 5.82 Å². The van der Waals surface area contributed by atoms with Gasteiger partial charge >= 0.3 is 0 Å². The second-order valence-electron chi connectivity index (χ2n) is 7.62. The van der Waals surface area contributed by atoms with Crippen molar-refractivity contribution in [2.24, 2.45) is 0 Å². The van der Waals surface area contributed by atoms with Crippen LogP contribution in [0.5, 0.6) is 0 Å². The summed E-state index contributed by atoms with van der Waals surface area (Å²) in [6.07, 6.45) is 5.05. The number of hydrogen-bond acceptors (Lipinski definition) is 5. The number of rotatable bonds is 6. The van der Waals surface area contributed by atoms with E-state index in [1.807, 2.05) is 54.6 Å². The molecule has 2 aromatic heterocycles. The van der Waals surface area contributed by atoms with E-state index in [2.05, 4.69) is 25.9 Å². The molecule has 0 aliphatic rings. The lowest BCUT2D eigenvalue weighted by molar-refractivity contribution is 0.102. The van der Waals surface area contributed by atoms with Gasteiger partial charge in [-0.1, -0.05) is 6.07 Å². The molecule has 0 aliphatic heterocycles. The van der Waals surface area contributed by atoms with Crippen molar-refractivity contribution in [1.82, 2.24) is 9.97 Å². The Hall–Kier alpha value is -4.78. The first-order valence-electron chi connectivity index (χ1n) is 10.6. The van der Waals surface area contributed by atoms with Gasteiger partial charge in [0.05, 0.1) is 5.52 Å². The Bertz CT molecular complexity index is 1460. The van der Waals surface area contributed by atoms with Crippen LogP contribution in [0, 0.1) is 5.82 Å². The van der Waals surface area contributed by atoms with Crippen LogP contribution in [-0.2, 0) is 0 Å². The predicted octanol–water partition coefficient (Wildman–Crippen LogP) is 6.51. The molecule has 0 unspecified atom stereocenters. The normalized spacial score (nSPS) is 10.6. The minimum atomic E-state index is -0.328. The quantitative estimate of drug-likeness (QED) is 0.275. The molecule has 0 bridgehead atoms. The number of halogens is 1. The van der Waals surface area contributed by atoms with Gasteiger partial charge in [-0.15, -0.1) is 0 Å². The van der Waals surface area contributed by atoms with Crippen molar-refractivity contribution in [1.29, 1.82) is 0 Å². The standard InChI is InChI=1S/C27H20FN5O/c28-19-6-9-24-25(12-15-30-26(24)16-19)32-20-7-4-18(5-8-20)27(34)33-23-3-1-2-22(17-23)31-21-10-13-29-14-11-21/h1-17H,(H,29,31)(H,30,32)(H,33,34). The van der Waals surface area contributed by atoms with Crippen molar-refractivity contribution in [3.63, 3.8) is 0 Å². The highest BCUT2D eigenvalue weighted by Crippen LogP contribution is 2.26. The van der Waals surface area contributed by atoms with Crippen molar-refractivity contribution in [3.8, 4) is 0 Å². The van der Waals surface area contributed by atoms with E-state index in [9.17, 15) is 9.18 Å². The van der Waals surface area contributed by atoms with Crippen molar-refractivity contribution >= 4 is 45.2 Å². The highest BCUT2D eigenvalue weighted by Gasteiger charge is 2.08. The number of carbonyl (C=O) groups excluding carboxylic acids is 1. The molecule has 5 rings (SSSR count). The summed E-state index contributed by atoms with van der Waals surface area (Å²) in [6, 6.07) is 24.7. The van der Waals surface area contributed by atoms with Crippen LogP contribution in [0.25, 0.3) is 10.9 Å². The summed E-state index contributed by atoms with van der Waals surface area (Å²) in [4.78, 5) is 21.0. The fraction of sp³-hybridized carbons (Fsp3) is 0. The minimum Gasteiger partial charge on any atom is -0.355 e. The predicted molar refractivity (Wildman–Crippen MR) is 133 cm³/mol. The molecule has 0 saturated heterocycles. The summed E-state index contributed by atoms with van der Waals surface area (Å²) >= 11 is 0. The van der Waals surface area contributed by atoms with Crippen LogP contribution in [0.3, 0.4) is 0 Å². The molecule has 3 N–H and O–H groups in total. The molecule has 0 saturated carbocycles. The van der Waals surface area contributed by atoms with E-state index in [1.54, 1.807) is 36.8 Å². The average molecular weight is 449 g/mol. The number of nitrogens with one attached hydrogen (secondary N) is 3. The zero-order chi connectivity index (χ0) is 23.3. The Morgan fingerprint density at radius 1 is 0.706 bits per heavy atom. The van der Waals surface area contributed by atoms with Crippen LogP contribution in [0.2, 0.25) is 0 Å². The van der Waals surface area contributed by atoms with E-state index < -0.39 is 0 Å². The molecule has 0 atom stereocenters. The number of carbonyl (C=O) groups is 1. The number of benzene rings is 3. The summed E-state index contributed by atoms with van der Waals surface area (Å²) in [5.74, 6) is -0.538. The lowest BCUT2D eigenvalue weighted by Crippen LogP contribution is -2.11. The number of nitrogens with zero attached hydrogens (tertiary/aromatic N) is 2. The van der Waals surface area contributed by atoms with Crippen molar-refractivity contribution in [2.75, 3.05) is 16.0 Å². The van der Waals surface area contributed by atoms with Crippen molar-refractivity contribution in [2.45, 2.75) is 0 Å². The summed E-state index contributed by atoms with van der Waals surface area (Å²) in [7, 11) is 0. The Kier molecular flexibility index (Phi) is 5.82. The first-order valence-corrected chi connectivity index (χ1v) is 10.6. The van der Waals surface area contributed by atoms with Crippen LogP contribution in [0.15, 0.2) is 104 Å². The van der Waals surface area contributed by atoms with Gasteiger partial charge in [0, 0.05) is 64.0 Å². The SMILES string of the molecule is O=C(Nc1cccc(Nc2ccncc2)c1)c1ccc(Nc2ccnc3cc(F)ccc23)cc1. The molecule has 2 heterocycles. The molecule has 3 aromatic carbocycles. The molecule has 166 valence electrons.